The van der Waals surface area contributed by atoms with Crippen LogP contribution in [-0.2, 0) is 4.79 Å². The van der Waals surface area contributed by atoms with Gasteiger partial charge >= 0.3 is 0 Å². The molecular formula is C19H29ClN4OS. The average Bonchev–Trinajstić information content (AvgIpc) is 3.07. The van der Waals surface area contributed by atoms with Gasteiger partial charge in [-0.2, -0.15) is 11.8 Å². The Morgan fingerprint density at radius 3 is 2.88 bits per heavy atom. The summed E-state index contributed by atoms with van der Waals surface area (Å²) in [6.45, 7) is 5.19. The van der Waals surface area contributed by atoms with E-state index in [1.807, 2.05) is 43.8 Å². The van der Waals surface area contributed by atoms with Gasteiger partial charge in [-0.1, -0.05) is 17.7 Å². The Hall–Kier alpha value is -1.40. The summed E-state index contributed by atoms with van der Waals surface area (Å²) in [6.07, 6.45) is 6.09. The zero-order valence-corrected chi connectivity index (χ0v) is 17.3. The van der Waals surface area contributed by atoms with E-state index >= 15 is 0 Å². The standard InChI is InChI=1S/C19H29ClN4OS/c1-4-21-19(23-14-8-9-15(12-14)26-3)22-11-10-18(25)24-17-7-5-6-16(20)13(17)2/h5-7,14-15H,4,8-12H2,1-3H3,(H,24,25)(H2,21,22,23). The number of nitrogens with one attached hydrogen (secondary N) is 3. The first kappa shape index (κ1) is 20.9. The number of carbonyl (C=O) groups excluding carboxylic acids is 1. The minimum absolute atomic E-state index is 0.0571. The zero-order chi connectivity index (χ0) is 18.9. The van der Waals surface area contributed by atoms with Gasteiger partial charge in [0.05, 0.1) is 6.54 Å². The minimum atomic E-state index is -0.0571. The van der Waals surface area contributed by atoms with Gasteiger partial charge in [-0.25, -0.2) is 0 Å². The van der Waals surface area contributed by atoms with Crippen LogP contribution in [0, 0.1) is 6.92 Å². The predicted molar refractivity (Wildman–Crippen MR) is 113 cm³/mol. The SMILES string of the molecule is CCNC(=NCCC(=O)Nc1cccc(Cl)c1C)NC1CCC(SC)C1. The second-order valence-electron chi connectivity index (χ2n) is 6.48. The van der Waals surface area contributed by atoms with Crippen LogP contribution >= 0.6 is 23.4 Å². The maximum absolute atomic E-state index is 12.2. The molecule has 0 bridgehead atoms. The number of halogens is 1. The van der Waals surface area contributed by atoms with Gasteiger partial charge in [-0.3, -0.25) is 9.79 Å². The lowest BCUT2D eigenvalue weighted by Gasteiger charge is -2.17. The number of thioether (sulfide) groups is 1. The van der Waals surface area contributed by atoms with Crippen LogP contribution in [0.15, 0.2) is 23.2 Å². The third-order valence-corrected chi connectivity index (χ3v) is 6.06. The smallest absolute Gasteiger partial charge is 0.226 e. The Bertz CT molecular complexity index is 638. The van der Waals surface area contributed by atoms with E-state index in [4.69, 9.17) is 11.6 Å². The lowest BCUT2D eigenvalue weighted by atomic mass is 10.2. The number of nitrogens with zero attached hydrogens (tertiary/aromatic N) is 1. The molecule has 0 saturated heterocycles. The van der Waals surface area contributed by atoms with Crippen LogP contribution in [0.4, 0.5) is 5.69 Å². The molecule has 0 radical (unpaired) electrons. The molecular weight excluding hydrogens is 368 g/mol. The first-order valence-corrected chi connectivity index (χ1v) is 10.8. The minimum Gasteiger partial charge on any atom is -0.357 e. The van der Waals surface area contributed by atoms with Crippen molar-refractivity contribution >= 4 is 40.9 Å². The zero-order valence-electron chi connectivity index (χ0n) is 15.8. The van der Waals surface area contributed by atoms with Crippen molar-refractivity contribution in [1.82, 2.24) is 10.6 Å². The van der Waals surface area contributed by atoms with E-state index in [1.165, 1.54) is 19.3 Å². The predicted octanol–water partition coefficient (Wildman–Crippen LogP) is 3.82. The van der Waals surface area contributed by atoms with Crippen LogP contribution in [0.3, 0.4) is 0 Å². The summed E-state index contributed by atoms with van der Waals surface area (Å²) in [5, 5.41) is 11.1. The third kappa shape index (κ3) is 6.40. The Morgan fingerprint density at radius 2 is 2.19 bits per heavy atom. The Kier molecular flexibility index (Phi) is 8.59. The molecule has 2 unspecified atom stereocenters. The van der Waals surface area contributed by atoms with Crippen molar-refractivity contribution in [2.45, 2.75) is 50.8 Å². The average molecular weight is 397 g/mol. The number of aliphatic imine (C=N–C) groups is 1. The molecule has 26 heavy (non-hydrogen) atoms. The lowest BCUT2D eigenvalue weighted by Crippen LogP contribution is -2.42. The molecule has 7 heteroatoms. The number of hydrogen-bond acceptors (Lipinski definition) is 3. The fourth-order valence-corrected chi connectivity index (χ4v) is 3.99. The molecule has 0 aromatic heterocycles. The van der Waals surface area contributed by atoms with Crippen molar-refractivity contribution in [3.63, 3.8) is 0 Å². The first-order valence-electron chi connectivity index (χ1n) is 9.16. The molecule has 1 aromatic rings. The maximum Gasteiger partial charge on any atom is 0.226 e. The van der Waals surface area contributed by atoms with Gasteiger partial charge in [0.1, 0.15) is 0 Å². The summed E-state index contributed by atoms with van der Waals surface area (Å²) in [6, 6.07) is 5.97. The Balaban J connectivity index is 1.83. The van der Waals surface area contributed by atoms with Crippen molar-refractivity contribution in [3.05, 3.63) is 28.8 Å². The highest BCUT2D eigenvalue weighted by Crippen LogP contribution is 2.28. The highest BCUT2D eigenvalue weighted by molar-refractivity contribution is 7.99. The van der Waals surface area contributed by atoms with Crippen molar-refractivity contribution in [2.75, 3.05) is 24.7 Å². The summed E-state index contributed by atoms with van der Waals surface area (Å²) in [7, 11) is 0. The van der Waals surface area contributed by atoms with E-state index in [9.17, 15) is 4.79 Å². The first-order chi connectivity index (χ1) is 12.5. The van der Waals surface area contributed by atoms with Crippen LogP contribution in [0.25, 0.3) is 0 Å². The van der Waals surface area contributed by atoms with Crippen molar-refractivity contribution in [3.8, 4) is 0 Å². The van der Waals surface area contributed by atoms with E-state index in [1.54, 1.807) is 0 Å². The molecule has 1 amide bonds. The van der Waals surface area contributed by atoms with Crippen LogP contribution in [0.5, 0.6) is 0 Å². The Labute approximate surface area is 165 Å². The molecule has 1 aliphatic carbocycles. The Morgan fingerprint density at radius 1 is 1.38 bits per heavy atom. The van der Waals surface area contributed by atoms with E-state index in [-0.39, 0.29) is 5.91 Å². The number of carbonyl (C=O) groups is 1. The summed E-state index contributed by atoms with van der Waals surface area (Å²) in [5.74, 6) is 0.740. The topological polar surface area (TPSA) is 65.5 Å². The van der Waals surface area contributed by atoms with E-state index < -0.39 is 0 Å². The molecule has 2 atom stereocenters. The fourth-order valence-electron chi connectivity index (χ4n) is 3.02. The molecule has 0 spiro atoms. The molecule has 1 fully saturated rings. The van der Waals surface area contributed by atoms with Crippen molar-refractivity contribution < 1.29 is 4.79 Å². The molecule has 0 heterocycles. The summed E-state index contributed by atoms with van der Waals surface area (Å²) < 4.78 is 0. The lowest BCUT2D eigenvalue weighted by molar-refractivity contribution is -0.116. The number of amides is 1. The monoisotopic (exact) mass is 396 g/mol. The van der Waals surface area contributed by atoms with Crippen LogP contribution in [-0.4, -0.2) is 42.5 Å². The highest BCUT2D eigenvalue weighted by Gasteiger charge is 2.24. The second kappa shape index (κ2) is 10.7. The van der Waals surface area contributed by atoms with E-state index in [0.717, 1.165) is 29.0 Å². The number of benzene rings is 1. The number of anilines is 1. The third-order valence-electron chi connectivity index (χ3n) is 4.55. The largest absolute Gasteiger partial charge is 0.357 e. The molecule has 1 saturated carbocycles. The highest BCUT2D eigenvalue weighted by atomic mass is 35.5. The number of hydrogen-bond donors (Lipinski definition) is 3. The molecule has 144 valence electrons. The number of guanidine groups is 1. The number of rotatable bonds is 7. The fraction of sp³-hybridized carbons (Fsp3) is 0.579. The normalized spacial score (nSPS) is 20.1. The summed E-state index contributed by atoms with van der Waals surface area (Å²) in [4.78, 5) is 16.7. The van der Waals surface area contributed by atoms with Gasteiger partial charge < -0.3 is 16.0 Å². The molecule has 5 nitrogen and oxygen atoms in total. The molecule has 3 N–H and O–H groups in total. The van der Waals surface area contributed by atoms with Crippen molar-refractivity contribution in [2.24, 2.45) is 4.99 Å². The van der Waals surface area contributed by atoms with E-state index in [2.05, 4.69) is 27.2 Å². The molecule has 0 aliphatic heterocycles. The summed E-state index contributed by atoms with van der Waals surface area (Å²) >= 11 is 8.03. The van der Waals surface area contributed by atoms with Gasteiger partial charge in [0.2, 0.25) is 5.91 Å². The second-order valence-corrected chi connectivity index (χ2v) is 8.03. The summed E-state index contributed by atoms with van der Waals surface area (Å²) in [5.41, 5.74) is 1.64. The van der Waals surface area contributed by atoms with Gasteiger partial charge in [-0.15, -0.1) is 0 Å². The molecule has 1 aromatic carbocycles. The van der Waals surface area contributed by atoms with Gasteiger partial charge in [-0.05, 0) is 57.1 Å². The molecule has 1 aliphatic rings. The van der Waals surface area contributed by atoms with Crippen LogP contribution in [0.2, 0.25) is 5.02 Å². The molecule has 2 rings (SSSR count). The van der Waals surface area contributed by atoms with Gasteiger partial charge in [0.25, 0.3) is 0 Å². The van der Waals surface area contributed by atoms with Crippen LogP contribution in [0.1, 0.15) is 38.2 Å². The quantitative estimate of drug-likeness (QED) is 0.484. The van der Waals surface area contributed by atoms with Gasteiger partial charge in [0.15, 0.2) is 5.96 Å². The van der Waals surface area contributed by atoms with Crippen molar-refractivity contribution in [1.29, 1.82) is 0 Å². The van der Waals surface area contributed by atoms with Crippen LogP contribution < -0.4 is 16.0 Å². The van der Waals surface area contributed by atoms with E-state index in [0.29, 0.717) is 24.0 Å². The maximum atomic E-state index is 12.2. The van der Waals surface area contributed by atoms with Gasteiger partial charge in [0, 0.05) is 35.0 Å².